The summed E-state index contributed by atoms with van der Waals surface area (Å²) in [4.78, 5) is 14.6. The molecule has 0 saturated carbocycles. The number of morpholine rings is 1. The Morgan fingerprint density at radius 1 is 1.21 bits per heavy atom. The molecule has 9 heteroatoms. The van der Waals surface area contributed by atoms with E-state index in [0.717, 1.165) is 17.0 Å². The summed E-state index contributed by atoms with van der Waals surface area (Å²) in [6.45, 7) is 2.08. The lowest BCUT2D eigenvalue weighted by molar-refractivity contribution is 0.0298. The van der Waals surface area contributed by atoms with E-state index in [1.807, 2.05) is 24.3 Å². The Hall–Kier alpha value is -2.39. The summed E-state index contributed by atoms with van der Waals surface area (Å²) in [7, 11) is -1.48. The summed E-state index contributed by atoms with van der Waals surface area (Å²) in [6.07, 6.45) is 0.498. The lowest BCUT2D eigenvalue weighted by Crippen LogP contribution is -2.40. The average molecular weight is 405 g/mol. The molecule has 0 N–H and O–H groups in total. The first-order valence-electron chi connectivity index (χ1n) is 9.28. The first-order chi connectivity index (χ1) is 13.5. The van der Waals surface area contributed by atoms with Gasteiger partial charge in [-0.05, 0) is 36.8 Å². The molecular formula is C19H23N3O5S. The molecule has 0 spiro atoms. The molecule has 1 aromatic carbocycles. The van der Waals surface area contributed by atoms with Gasteiger partial charge in [-0.1, -0.05) is 0 Å². The van der Waals surface area contributed by atoms with Gasteiger partial charge in [-0.25, -0.2) is 8.42 Å². The van der Waals surface area contributed by atoms with Gasteiger partial charge in [0, 0.05) is 18.7 Å². The second-order valence-electron chi connectivity index (χ2n) is 7.05. The Balaban J connectivity index is 1.71. The van der Waals surface area contributed by atoms with E-state index in [0.29, 0.717) is 38.4 Å². The third-order valence-corrected chi connectivity index (χ3v) is 6.94. The molecule has 2 fully saturated rings. The topological polar surface area (TPSA) is 90.7 Å². The summed E-state index contributed by atoms with van der Waals surface area (Å²) >= 11 is 0. The van der Waals surface area contributed by atoms with Crippen molar-refractivity contribution in [2.45, 2.75) is 12.5 Å². The van der Waals surface area contributed by atoms with Crippen LogP contribution in [0.25, 0.3) is 11.3 Å². The maximum atomic E-state index is 12.9. The number of nitrogens with zero attached hydrogens (tertiary/aromatic N) is 3. The van der Waals surface area contributed by atoms with Crippen LogP contribution in [0.2, 0.25) is 0 Å². The summed E-state index contributed by atoms with van der Waals surface area (Å²) in [6, 6.07) is 8.93. The number of carbonyl (C=O) groups is 1. The summed E-state index contributed by atoms with van der Waals surface area (Å²) < 4.78 is 36.2. The van der Waals surface area contributed by atoms with Crippen LogP contribution in [-0.2, 0) is 14.6 Å². The first-order valence-corrected chi connectivity index (χ1v) is 11.1. The van der Waals surface area contributed by atoms with Crippen molar-refractivity contribution in [2.24, 2.45) is 0 Å². The van der Waals surface area contributed by atoms with Gasteiger partial charge in [0.05, 0.1) is 43.6 Å². The second-order valence-corrected chi connectivity index (χ2v) is 9.28. The van der Waals surface area contributed by atoms with Crippen LogP contribution in [0.15, 0.2) is 30.3 Å². The van der Waals surface area contributed by atoms with E-state index < -0.39 is 9.84 Å². The molecule has 4 rings (SSSR count). The number of carbonyl (C=O) groups excluding carboxylic acids is 1. The average Bonchev–Trinajstić information content (AvgIpc) is 3.31. The normalized spacial score (nSPS) is 21.6. The van der Waals surface area contributed by atoms with Crippen molar-refractivity contribution in [1.82, 2.24) is 14.7 Å². The summed E-state index contributed by atoms with van der Waals surface area (Å²) in [5.41, 5.74) is 1.93. The first kappa shape index (κ1) is 18.9. The molecule has 2 aliphatic rings. The van der Waals surface area contributed by atoms with Crippen molar-refractivity contribution in [3.05, 3.63) is 36.0 Å². The Kier molecular flexibility index (Phi) is 5.11. The van der Waals surface area contributed by atoms with E-state index in [1.165, 1.54) is 0 Å². The molecule has 2 saturated heterocycles. The zero-order chi connectivity index (χ0) is 19.7. The molecule has 0 radical (unpaired) electrons. The summed E-state index contributed by atoms with van der Waals surface area (Å²) in [5.74, 6) is 0.760. The highest BCUT2D eigenvalue weighted by Crippen LogP contribution is 2.31. The fraction of sp³-hybridized carbons (Fsp3) is 0.474. The minimum Gasteiger partial charge on any atom is -0.497 e. The molecule has 0 aliphatic carbocycles. The molecule has 28 heavy (non-hydrogen) atoms. The molecule has 0 bridgehead atoms. The molecule has 150 valence electrons. The smallest absolute Gasteiger partial charge is 0.274 e. The molecule has 1 aromatic heterocycles. The van der Waals surface area contributed by atoms with Gasteiger partial charge in [0.2, 0.25) is 0 Å². The highest BCUT2D eigenvalue weighted by atomic mass is 32.2. The van der Waals surface area contributed by atoms with Crippen LogP contribution >= 0.6 is 0 Å². The monoisotopic (exact) mass is 405 g/mol. The van der Waals surface area contributed by atoms with Crippen molar-refractivity contribution in [3.63, 3.8) is 0 Å². The molecule has 2 aliphatic heterocycles. The SMILES string of the molecule is COc1ccc(-c2cc(C(=O)N3CCOCC3)nn2[C@H]2CCS(=O)(=O)C2)cc1. The minimum absolute atomic E-state index is 0.0447. The van der Waals surface area contributed by atoms with Crippen LogP contribution in [-0.4, -0.2) is 73.9 Å². The molecule has 2 aromatic rings. The minimum atomic E-state index is -3.08. The van der Waals surface area contributed by atoms with Gasteiger partial charge in [-0.15, -0.1) is 0 Å². The number of hydrogen-bond acceptors (Lipinski definition) is 6. The third-order valence-electron chi connectivity index (χ3n) is 5.19. The fourth-order valence-corrected chi connectivity index (χ4v) is 5.34. The number of aromatic nitrogens is 2. The van der Waals surface area contributed by atoms with Crippen LogP contribution in [0.1, 0.15) is 23.0 Å². The van der Waals surface area contributed by atoms with Crippen LogP contribution in [0, 0.1) is 0 Å². The molecule has 1 atom stereocenters. The zero-order valence-electron chi connectivity index (χ0n) is 15.7. The van der Waals surface area contributed by atoms with Crippen molar-refractivity contribution < 1.29 is 22.7 Å². The Morgan fingerprint density at radius 2 is 1.93 bits per heavy atom. The van der Waals surface area contributed by atoms with E-state index in [1.54, 1.807) is 22.8 Å². The lowest BCUT2D eigenvalue weighted by atomic mass is 10.1. The van der Waals surface area contributed by atoms with Crippen molar-refractivity contribution in [3.8, 4) is 17.0 Å². The van der Waals surface area contributed by atoms with Crippen molar-refractivity contribution in [1.29, 1.82) is 0 Å². The van der Waals surface area contributed by atoms with E-state index in [9.17, 15) is 13.2 Å². The number of rotatable bonds is 4. The highest BCUT2D eigenvalue weighted by molar-refractivity contribution is 7.91. The standard InChI is InChI=1S/C19H23N3O5S/c1-26-16-4-2-14(3-5-16)18-12-17(19(23)21-7-9-27-10-8-21)20-22(18)15-6-11-28(24,25)13-15/h2-5,12,15H,6-11,13H2,1H3/t15-/m0/s1. The quantitative estimate of drug-likeness (QED) is 0.764. The van der Waals surface area contributed by atoms with E-state index in [4.69, 9.17) is 9.47 Å². The third kappa shape index (κ3) is 3.77. The van der Waals surface area contributed by atoms with Crippen LogP contribution < -0.4 is 4.74 Å². The van der Waals surface area contributed by atoms with Gasteiger partial charge in [0.25, 0.3) is 5.91 Å². The molecule has 0 unspecified atom stereocenters. The van der Waals surface area contributed by atoms with Gasteiger partial charge >= 0.3 is 0 Å². The van der Waals surface area contributed by atoms with Gasteiger partial charge in [-0.2, -0.15) is 5.10 Å². The zero-order valence-corrected chi connectivity index (χ0v) is 16.5. The number of hydrogen-bond donors (Lipinski definition) is 0. The fourth-order valence-electron chi connectivity index (χ4n) is 3.65. The van der Waals surface area contributed by atoms with E-state index >= 15 is 0 Å². The van der Waals surface area contributed by atoms with Gasteiger partial charge in [0.15, 0.2) is 15.5 Å². The van der Waals surface area contributed by atoms with Crippen LogP contribution in [0.5, 0.6) is 5.75 Å². The van der Waals surface area contributed by atoms with Gasteiger partial charge in [-0.3, -0.25) is 9.48 Å². The Labute approximate surface area is 164 Å². The van der Waals surface area contributed by atoms with Crippen LogP contribution in [0.4, 0.5) is 0 Å². The van der Waals surface area contributed by atoms with Crippen molar-refractivity contribution >= 4 is 15.7 Å². The molecule has 1 amide bonds. The molecular weight excluding hydrogens is 382 g/mol. The maximum absolute atomic E-state index is 12.9. The van der Waals surface area contributed by atoms with Crippen molar-refractivity contribution in [2.75, 3.05) is 44.9 Å². The maximum Gasteiger partial charge on any atom is 0.274 e. The molecule has 8 nitrogen and oxygen atoms in total. The van der Waals surface area contributed by atoms with E-state index in [2.05, 4.69) is 5.10 Å². The predicted molar refractivity (Wildman–Crippen MR) is 103 cm³/mol. The number of methoxy groups -OCH3 is 1. The largest absolute Gasteiger partial charge is 0.497 e. The van der Waals surface area contributed by atoms with E-state index in [-0.39, 0.29) is 23.5 Å². The highest BCUT2D eigenvalue weighted by Gasteiger charge is 2.33. The second kappa shape index (κ2) is 7.56. The number of benzene rings is 1. The number of ether oxygens (including phenoxy) is 2. The van der Waals surface area contributed by atoms with Gasteiger partial charge in [0.1, 0.15) is 5.75 Å². The van der Waals surface area contributed by atoms with Gasteiger partial charge < -0.3 is 14.4 Å². The number of amides is 1. The lowest BCUT2D eigenvalue weighted by Gasteiger charge is -2.25. The Morgan fingerprint density at radius 3 is 2.54 bits per heavy atom. The molecule has 3 heterocycles. The Bertz CT molecular complexity index is 962. The number of sulfone groups is 1. The van der Waals surface area contributed by atoms with Crippen LogP contribution in [0.3, 0.4) is 0 Å². The summed E-state index contributed by atoms with van der Waals surface area (Å²) in [5, 5.41) is 4.54. The predicted octanol–water partition coefficient (Wildman–Crippen LogP) is 1.39.